The molecule has 0 spiro atoms. The number of nitrogens with zero attached hydrogens (tertiary/aromatic N) is 3. The minimum atomic E-state index is -0.670. The molecule has 1 aliphatic rings. The Morgan fingerprint density at radius 2 is 1.75 bits per heavy atom. The minimum Gasteiger partial charge on any atom is -0.353 e. The molecular formula is C26H28N4O2. The SMILES string of the molecule is CC(C)NC(=O)[C@]1(Cc2ccc(-c3ccccc3)cc2)CCN(C(=O)c2cnccn2)C1. The lowest BCUT2D eigenvalue weighted by atomic mass is 9.79. The van der Waals surface area contributed by atoms with Crippen molar-refractivity contribution in [2.45, 2.75) is 32.7 Å². The Labute approximate surface area is 188 Å². The highest BCUT2D eigenvalue weighted by Crippen LogP contribution is 2.36. The lowest BCUT2D eigenvalue weighted by molar-refractivity contribution is -0.130. The lowest BCUT2D eigenvalue weighted by Crippen LogP contribution is -2.47. The number of carbonyl (C=O) groups is 2. The van der Waals surface area contributed by atoms with Crippen LogP contribution in [0, 0.1) is 5.41 Å². The van der Waals surface area contributed by atoms with Crippen LogP contribution in [0.25, 0.3) is 11.1 Å². The third kappa shape index (κ3) is 4.69. The number of carbonyl (C=O) groups excluding carboxylic acids is 2. The summed E-state index contributed by atoms with van der Waals surface area (Å²) in [5.74, 6) is -0.189. The molecule has 6 nitrogen and oxygen atoms in total. The van der Waals surface area contributed by atoms with E-state index in [4.69, 9.17) is 0 Å². The molecule has 32 heavy (non-hydrogen) atoms. The second-order valence-corrected chi connectivity index (χ2v) is 8.72. The van der Waals surface area contributed by atoms with E-state index in [-0.39, 0.29) is 17.9 Å². The summed E-state index contributed by atoms with van der Waals surface area (Å²) >= 11 is 0. The van der Waals surface area contributed by atoms with Gasteiger partial charge >= 0.3 is 0 Å². The predicted molar refractivity (Wildman–Crippen MR) is 124 cm³/mol. The Morgan fingerprint density at radius 1 is 1.03 bits per heavy atom. The lowest BCUT2D eigenvalue weighted by Gasteiger charge is -2.29. The van der Waals surface area contributed by atoms with Gasteiger partial charge < -0.3 is 10.2 Å². The molecule has 0 unspecified atom stereocenters. The molecule has 0 aliphatic carbocycles. The first-order valence-electron chi connectivity index (χ1n) is 11.0. The van der Waals surface area contributed by atoms with E-state index >= 15 is 0 Å². The Kier molecular flexibility index (Phi) is 6.30. The van der Waals surface area contributed by atoms with Crippen LogP contribution < -0.4 is 5.32 Å². The van der Waals surface area contributed by atoms with E-state index in [1.165, 1.54) is 12.4 Å². The number of aromatic nitrogens is 2. The third-order valence-electron chi connectivity index (χ3n) is 5.93. The van der Waals surface area contributed by atoms with Gasteiger partial charge in [-0.25, -0.2) is 4.98 Å². The van der Waals surface area contributed by atoms with Crippen LogP contribution in [0.3, 0.4) is 0 Å². The molecule has 164 valence electrons. The Bertz CT molecular complexity index is 1070. The molecule has 1 N–H and O–H groups in total. The van der Waals surface area contributed by atoms with E-state index in [2.05, 4.69) is 51.7 Å². The monoisotopic (exact) mass is 428 g/mol. The number of rotatable bonds is 6. The van der Waals surface area contributed by atoms with Crippen LogP contribution in [0.2, 0.25) is 0 Å². The molecule has 0 bridgehead atoms. The zero-order valence-corrected chi connectivity index (χ0v) is 18.5. The maximum atomic E-state index is 13.3. The summed E-state index contributed by atoms with van der Waals surface area (Å²) in [6, 6.07) is 18.6. The van der Waals surface area contributed by atoms with Gasteiger partial charge in [0.25, 0.3) is 5.91 Å². The van der Waals surface area contributed by atoms with E-state index in [0.29, 0.717) is 31.6 Å². The maximum absolute atomic E-state index is 13.3. The van der Waals surface area contributed by atoms with Gasteiger partial charge in [0.1, 0.15) is 5.69 Å². The molecule has 2 aromatic carbocycles. The smallest absolute Gasteiger partial charge is 0.274 e. The van der Waals surface area contributed by atoms with Gasteiger partial charge in [0.2, 0.25) is 5.91 Å². The summed E-state index contributed by atoms with van der Waals surface area (Å²) in [5.41, 5.74) is 3.02. The Hall–Kier alpha value is -3.54. The van der Waals surface area contributed by atoms with Crippen LogP contribution >= 0.6 is 0 Å². The third-order valence-corrected chi connectivity index (χ3v) is 5.93. The van der Waals surface area contributed by atoms with Crippen molar-refractivity contribution in [3.8, 4) is 11.1 Å². The van der Waals surface area contributed by atoms with Gasteiger partial charge in [-0.1, -0.05) is 54.6 Å². The second kappa shape index (κ2) is 9.30. The zero-order chi connectivity index (χ0) is 22.6. The van der Waals surface area contributed by atoms with Crippen molar-refractivity contribution in [3.63, 3.8) is 0 Å². The number of hydrogen-bond acceptors (Lipinski definition) is 4. The van der Waals surface area contributed by atoms with Crippen molar-refractivity contribution < 1.29 is 9.59 Å². The van der Waals surface area contributed by atoms with E-state index in [1.807, 2.05) is 32.0 Å². The van der Waals surface area contributed by atoms with Crippen molar-refractivity contribution in [1.29, 1.82) is 0 Å². The van der Waals surface area contributed by atoms with Crippen molar-refractivity contribution in [2.75, 3.05) is 13.1 Å². The summed E-state index contributed by atoms with van der Waals surface area (Å²) in [6.45, 7) is 4.79. The zero-order valence-electron chi connectivity index (χ0n) is 18.5. The average Bonchev–Trinajstić information content (AvgIpc) is 3.25. The molecule has 6 heteroatoms. The molecule has 1 aromatic heterocycles. The largest absolute Gasteiger partial charge is 0.353 e. The molecule has 3 aromatic rings. The molecule has 1 atom stereocenters. The van der Waals surface area contributed by atoms with Gasteiger partial charge in [-0.3, -0.25) is 14.6 Å². The molecule has 4 rings (SSSR count). The fourth-order valence-corrected chi connectivity index (χ4v) is 4.28. The number of amides is 2. The minimum absolute atomic E-state index is 0.00548. The summed E-state index contributed by atoms with van der Waals surface area (Å²) in [5, 5.41) is 3.08. The first-order chi connectivity index (χ1) is 15.5. The average molecular weight is 429 g/mol. The van der Waals surface area contributed by atoms with E-state index < -0.39 is 5.41 Å². The number of benzene rings is 2. The molecule has 1 aliphatic heterocycles. The van der Waals surface area contributed by atoms with Crippen molar-refractivity contribution >= 4 is 11.8 Å². The van der Waals surface area contributed by atoms with Crippen LogP contribution in [0.15, 0.2) is 73.2 Å². The van der Waals surface area contributed by atoms with Crippen LogP contribution in [0.1, 0.15) is 36.3 Å². The quantitative estimate of drug-likeness (QED) is 0.649. The summed E-state index contributed by atoms with van der Waals surface area (Å²) in [4.78, 5) is 36.1. The van der Waals surface area contributed by atoms with Crippen LogP contribution in [-0.4, -0.2) is 45.8 Å². The van der Waals surface area contributed by atoms with Gasteiger partial charge in [-0.15, -0.1) is 0 Å². The summed E-state index contributed by atoms with van der Waals surface area (Å²) < 4.78 is 0. The Morgan fingerprint density at radius 3 is 2.41 bits per heavy atom. The maximum Gasteiger partial charge on any atom is 0.274 e. The summed E-state index contributed by atoms with van der Waals surface area (Å²) in [7, 11) is 0. The number of nitrogens with one attached hydrogen (secondary N) is 1. The van der Waals surface area contributed by atoms with Crippen LogP contribution in [0.4, 0.5) is 0 Å². The van der Waals surface area contributed by atoms with Crippen molar-refractivity contribution in [2.24, 2.45) is 5.41 Å². The Balaban J connectivity index is 1.56. The fraction of sp³-hybridized carbons (Fsp3) is 0.308. The molecule has 2 heterocycles. The molecule has 2 amide bonds. The second-order valence-electron chi connectivity index (χ2n) is 8.72. The van der Waals surface area contributed by atoms with Gasteiger partial charge in [0, 0.05) is 31.5 Å². The molecule has 1 saturated heterocycles. The van der Waals surface area contributed by atoms with Crippen molar-refractivity contribution in [1.82, 2.24) is 20.2 Å². The van der Waals surface area contributed by atoms with Crippen LogP contribution in [0.5, 0.6) is 0 Å². The molecule has 0 radical (unpaired) electrons. The number of likely N-dealkylation sites (tertiary alicyclic amines) is 1. The predicted octanol–water partition coefficient (Wildman–Crippen LogP) is 3.74. The van der Waals surface area contributed by atoms with Crippen molar-refractivity contribution in [3.05, 3.63) is 84.4 Å². The van der Waals surface area contributed by atoms with Gasteiger partial charge in [0.05, 0.1) is 11.6 Å². The molecule has 1 fully saturated rings. The highest BCUT2D eigenvalue weighted by atomic mass is 16.2. The fourth-order valence-electron chi connectivity index (χ4n) is 4.28. The van der Waals surface area contributed by atoms with Gasteiger partial charge in [-0.05, 0) is 43.4 Å². The topological polar surface area (TPSA) is 75.2 Å². The number of hydrogen-bond donors (Lipinski definition) is 1. The highest BCUT2D eigenvalue weighted by Gasteiger charge is 2.46. The van der Waals surface area contributed by atoms with Crippen LogP contribution in [-0.2, 0) is 11.2 Å². The van der Waals surface area contributed by atoms with E-state index in [9.17, 15) is 9.59 Å². The highest BCUT2D eigenvalue weighted by molar-refractivity contribution is 5.93. The summed E-state index contributed by atoms with van der Waals surface area (Å²) in [6.07, 6.45) is 5.71. The first kappa shape index (κ1) is 21.7. The van der Waals surface area contributed by atoms with Gasteiger partial charge in [-0.2, -0.15) is 0 Å². The van der Waals surface area contributed by atoms with Gasteiger partial charge in [0.15, 0.2) is 0 Å². The molecule has 0 saturated carbocycles. The molecular weight excluding hydrogens is 400 g/mol. The standard InChI is InChI=1S/C26H28N4O2/c1-19(2)29-25(32)26(12-15-30(18-26)24(31)23-17-27-13-14-28-23)16-20-8-10-22(11-9-20)21-6-4-3-5-7-21/h3-11,13-14,17,19H,12,15-16,18H2,1-2H3,(H,29,32)/t26-/m0/s1. The van der Waals surface area contributed by atoms with E-state index in [1.54, 1.807) is 11.1 Å². The first-order valence-corrected chi connectivity index (χ1v) is 11.0. The van der Waals surface area contributed by atoms with E-state index in [0.717, 1.165) is 16.7 Å². The normalized spacial score (nSPS) is 18.0.